The minimum atomic E-state index is 0.0828. The van der Waals surface area contributed by atoms with Crippen molar-refractivity contribution in [1.82, 2.24) is 24.8 Å². The lowest BCUT2D eigenvalue weighted by atomic mass is 10.1. The highest BCUT2D eigenvalue weighted by molar-refractivity contribution is 9.10. The SMILES string of the molecule is CN1CCN(CCOc2cc(OC3CCOCC3)c3c(Sc4nc(-c5ccc(Br)cc5)cs4)ncnc3c2)CC1. The highest BCUT2D eigenvalue weighted by Gasteiger charge is 2.21. The number of halogens is 1. The van der Waals surface area contributed by atoms with Crippen molar-refractivity contribution in [2.24, 2.45) is 0 Å². The van der Waals surface area contributed by atoms with Crippen LogP contribution in [0.2, 0.25) is 0 Å². The summed E-state index contributed by atoms with van der Waals surface area (Å²) in [6, 6.07) is 12.2. The van der Waals surface area contributed by atoms with Gasteiger partial charge in [0.05, 0.1) is 29.8 Å². The van der Waals surface area contributed by atoms with Gasteiger partial charge < -0.3 is 19.1 Å². The van der Waals surface area contributed by atoms with E-state index in [0.717, 1.165) is 93.1 Å². The minimum Gasteiger partial charge on any atom is -0.492 e. The first-order valence-corrected chi connectivity index (χ1v) is 16.1. The van der Waals surface area contributed by atoms with E-state index < -0.39 is 0 Å². The average molecular weight is 643 g/mol. The summed E-state index contributed by atoms with van der Waals surface area (Å²) in [5, 5.41) is 3.80. The lowest BCUT2D eigenvalue weighted by Crippen LogP contribution is -2.45. The first-order chi connectivity index (χ1) is 19.6. The van der Waals surface area contributed by atoms with E-state index in [1.165, 1.54) is 0 Å². The number of hydrogen-bond acceptors (Lipinski definition) is 10. The van der Waals surface area contributed by atoms with Gasteiger partial charge in [0.2, 0.25) is 0 Å². The lowest BCUT2D eigenvalue weighted by molar-refractivity contribution is 0.0260. The van der Waals surface area contributed by atoms with E-state index in [1.807, 2.05) is 24.3 Å². The van der Waals surface area contributed by atoms with Crippen LogP contribution in [-0.2, 0) is 4.74 Å². The molecule has 0 radical (unpaired) electrons. The molecule has 210 valence electrons. The van der Waals surface area contributed by atoms with E-state index in [2.05, 4.69) is 60.3 Å². The number of piperazine rings is 1. The average Bonchev–Trinajstić information content (AvgIpc) is 3.43. The van der Waals surface area contributed by atoms with Gasteiger partial charge in [-0.05, 0) is 30.9 Å². The van der Waals surface area contributed by atoms with E-state index in [-0.39, 0.29) is 6.10 Å². The van der Waals surface area contributed by atoms with Crippen LogP contribution >= 0.6 is 39.0 Å². The number of likely N-dealkylation sites (N-methyl/N-ethyl adjacent to an activating group) is 1. The van der Waals surface area contributed by atoms with Gasteiger partial charge in [-0.2, -0.15) is 0 Å². The molecule has 0 bridgehead atoms. The quantitative estimate of drug-likeness (QED) is 0.209. The van der Waals surface area contributed by atoms with E-state index >= 15 is 0 Å². The van der Waals surface area contributed by atoms with Crippen molar-refractivity contribution in [3.8, 4) is 22.8 Å². The first kappa shape index (κ1) is 27.9. The summed E-state index contributed by atoms with van der Waals surface area (Å²) in [4.78, 5) is 19.0. The van der Waals surface area contributed by atoms with Gasteiger partial charge in [0.15, 0.2) is 4.34 Å². The van der Waals surface area contributed by atoms with Gasteiger partial charge in [-0.3, -0.25) is 4.90 Å². The third kappa shape index (κ3) is 6.95. The summed E-state index contributed by atoms with van der Waals surface area (Å²) in [5.41, 5.74) is 2.84. The number of rotatable bonds is 9. The highest BCUT2D eigenvalue weighted by atomic mass is 79.9. The number of aromatic nitrogens is 3. The Morgan fingerprint density at radius 1 is 1.07 bits per heavy atom. The van der Waals surface area contributed by atoms with Gasteiger partial charge >= 0.3 is 0 Å². The summed E-state index contributed by atoms with van der Waals surface area (Å²) >= 11 is 6.66. The summed E-state index contributed by atoms with van der Waals surface area (Å²) in [6.45, 7) is 7.28. The van der Waals surface area contributed by atoms with Gasteiger partial charge in [-0.25, -0.2) is 15.0 Å². The molecule has 8 nitrogen and oxygen atoms in total. The molecule has 0 aliphatic carbocycles. The third-order valence-corrected chi connectivity index (χ3v) is 9.65. The molecular formula is C29H32BrN5O3S2. The Bertz CT molecular complexity index is 1420. The van der Waals surface area contributed by atoms with Crippen LogP contribution in [0.1, 0.15) is 12.8 Å². The van der Waals surface area contributed by atoms with Crippen molar-refractivity contribution in [1.29, 1.82) is 0 Å². The highest BCUT2D eigenvalue weighted by Crippen LogP contribution is 2.41. The monoisotopic (exact) mass is 641 g/mol. The first-order valence-electron chi connectivity index (χ1n) is 13.6. The largest absolute Gasteiger partial charge is 0.492 e. The molecule has 2 aromatic heterocycles. The molecule has 0 saturated carbocycles. The Hall–Kier alpha value is -2.28. The molecule has 0 atom stereocenters. The predicted octanol–water partition coefficient (Wildman–Crippen LogP) is 5.85. The van der Waals surface area contributed by atoms with Crippen molar-refractivity contribution in [3.05, 3.63) is 52.6 Å². The van der Waals surface area contributed by atoms with Crippen LogP contribution in [0.3, 0.4) is 0 Å². The van der Waals surface area contributed by atoms with Crippen molar-refractivity contribution >= 4 is 49.9 Å². The summed E-state index contributed by atoms with van der Waals surface area (Å²) in [5.74, 6) is 1.52. The summed E-state index contributed by atoms with van der Waals surface area (Å²) in [7, 11) is 2.17. The second kappa shape index (κ2) is 13.1. The maximum absolute atomic E-state index is 6.59. The van der Waals surface area contributed by atoms with Gasteiger partial charge in [-0.15, -0.1) is 11.3 Å². The Morgan fingerprint density at radius 3 is 2.67 bits per heavy atom. The van der Waals surface area contributed by atoms with Crippen LogP contribution in [-0.4, -0.2) is 90.4 Å². The smallest absolute Gasteiger partial charge is 0.156 e. The van der Waals surface area contributed by atoms with Gasteiger partial charge in [0.25, 0.3) is 0 Å². The van der Waals surface area contributed by atoms with Crippen LogP contribution in [0.5, 0.6) is 11.5 Å². The molecule has 2 aliphatic rings. The minimum absolute atomic E-state index is 0.0828. The van der Waals surface area contributed by atoms with E-state index in [9.17, 15) is 0 Å². The number of fused-ring (bicyclic) bond motifs is 1. The van der Waals surface area contributed by atoms with Gasteiger partial charge in [-0.1, -0.05) is 28.1 Å². The molecular weight excluding hydrogens is 610 g/mol. The zero-order chi connectivity index (χ0) is 27.3. The van der Waals surface area contributed by atoms with Crippen LogP contribution in [0, 0.1) is 0 Å². The zero-order valence-corrected chi connectivity index (χ0v) is 25.6. The molecule has 0 unspecified atom stereocenters. The van der Waals surface area contributed by atoms with E-state index in [4.69, 9.17) is 19.2 Å². The fraction of sp³-hybridized carbons (Fsp3) is 0.414. The molecule has 4 heterocycles. The van der Waals surface area contributed by atoms with Gasteiger partial charge in [0.1, 0.15) is 35.6 Å². The molecule has 11 heteroatoms. The summed E-state index contributed by atoms with van der Waals surface area (Å²) < 4.78 is 20.4. The van der Waals surface area contributed by atoms with E-state index in [0.29, 0.717) is 19.8 Å². The molecule has 40 heavy (non-hydrogen) atoms. The third-order valence-electron chi connectivity index (χ3n) is 7.18. The number of hydrogen-bond donors (Lipinski definition) is 0. The second-order valence-electron chi connectivity index (χ2n) is 10.0. The van der Waals surface area contributed by atoms with Crippen LogP contribution in [0.25, 0.3) is 22.2 Å². The lowest BCUT2D eigenvalue weighted by Gasteiger charge is -2.32. The number of thiazole rings is 1. The Balaban J connectivity index is 1.24. The van der Waals surface area contributed by atoms with Crippen LogP contribution in [0.15, 0.2) is 61.9 Å². The maximum atomic E-state index is 6.59. The molecule has 0 amide bonds. The van der Waals surface area contributed by atoms with Gasteiger partial charge in [0, 0.05) is 73.1 Å². The maximum Gasteiger partial charge on any atom is 0.156 e. The van der Waals surface area contributed by atoms with E-state index in [1.54, 1.807) is 29.4 Å². The number of benzene rings is 2. The van der Waals surface area contributed by atoms with Crippen LogP contribution < -0.4 is 9.47 Å². The Morgan fingerprint density at radius 2 is 1.88 bits per heavy atom. The summed E-state index contributed by atoms with van der Waals surface area (Å²) in [6.07, 6.45) is 3.41. The molecule has 0 N–H and O–H groups in total. The van der Waals surface area contributed by atoms with Crippen molar-refractivity contribution in [2.75, 3.05) is 59.6 Å². The molecule has 2 saturated heterocycles. The van der Waals surface area contributed by atoms with Crippen molar-refractivity contribution in [3.63, 3.8) is 0 Å². The van der Waals surface area contributed by atoms with Crippen molar-refractivity contribution < 1.29 is 14.2 Å². The molecule has 2 aromatic carbocycles. The zero-order valence-electron chi connectivity index (χ0n) is 22.4. The Labute approximate surface area is 251 Å². The predicted molar refractivity (Wildman–Crippen MR) is 163 cm³/mol. The normalized spacial score (nSPS) is 17.4. The fourth-order valence-corrected chi connectivity index (χ4v) is 6.94. The number of nitrogens with zero attached hydrogens (tertiary/aromatic N) is 5. The standard InChI is InChI=1S/C29H32BrN5O3S2/c1-34-8-10-35(11-9-34)12-15-37-23-16-24-27(26(17-23)38-22-6-13-36-14-7-22)28(32-19-31-24)40-29-33-25(18-39-29)20-2-4-21(30)5-3-20/h2-5,16-19,22H,6-15H2,1H3. The second-order valence-corrected chi connectivity index (χ2v) is 13.0. The molecule has 4 aromatic rings. The van der Waals surface area contributed by atoms with Crippen LogP contribution in [0.4, 0.5) is 0 Å². The van der Waals surface area contributed by atoms with Crippen molar-refractivity contribution in [2.45, 2.75) is 28.3 Å². The molecule has 0 spiro atoms. The molecule has 6 rings (SSSR count). The molecule has 2 fully saturated rings. The fourth-order valence-electron chi connectivity index (χ4n) is 4.83. The topological polar surface area (TPSA) is 72.8 Å². The number of ether oxygens (including phenoxy) is 3. The molecule has 2 aliphatic heterocycles. The Kier molecular flexibility index (Phi) is 9.15.